The van der Waals surface area contributed by atoms with Crippen LogP contribution in [0.4, 0.5) is 13.2 Å². The Labute approximate surface area is 210 Å². The van der Waals surface area contributed by atoms with Gasteiger partial charge < -0.3 is 23.9 Å². The van der Waals surface area contributed by atoms with Gasteiger partial charge in [-0.15, -0.1) is 0 Å². The molecule has 0 aliphatic carbocycles. The molecule has 5 rings (SSSR count). The number of alkyl halides is 3. The van der Waals surface area contributed by atoms with E-state index in [2.05, 4.69) is 4.98 Å². The lowest BCUT2D eigenvalue weighted by Crippen LogP contribution is -2.05. The summed E-state index contributed by atoms with van der Waals surface area (Å²) in [6.45, 7) is 0.351. The van der Waals surface area contributed by atoms with Gasteiger partial charge in [-0.3, -0.25) is 4.98 Å². The molecule has 6 nitrogen and oxygen atoms in total. The van der Waals surface area contributed by atoms with Gasteiger partial charge in [0, 0.05) is 17.8 Å². The highest BCUT2D eigenvalue weighted by Gasteiger charge is 2.30. The predicted octanol–water partition coefficient (Wildman–Crippen LogP) is 6.56. The third kappa shape index (κ3) is 4.60. The van der Waals surface area contributed by atoms with E-state index in [0.717, 1.165) is 23.4 Å². The largest absolute Gasteiger partial charge is 0.497 e. The Balaban J connectivity index is 1.59. The van der Waals surface area contributed by atoms with Crippen molar-refractivity contribution < 1.29 is 32.5 Å². The van der Waals surface area contributed by atoms with Gasteiger partial charge in [0.15, 0.2) is 5.75 Å². The van der Waals surface area contributed by atoms with E-state index in [0.29, 0.717) is 38.7 Å². The smallest absolute Gasteiger partial charge is 0.416 e. The monoisotopic (exact) mass is 508 g/mol. The molecule has 0 unspecified atom stereocenters. The number of pyridine rings is 1. The van der Waals surface area contributed by atoms with Crippen LogP contribution in [0.5, 0.6) is 23.1 Å². The van der Waals surface area contributed by atoms with Crippen molar-refractivity contribution >= 4 is 21.7 Å². The maximum atomic E-state index is 13.0. The molecule has 37 heavy (non-hydrogen) atoms. The van der Waals surface area contributed by atoms with Gasteiger partial charge in [-0.05, 0) is 47.5 Å². The molecular formula is C28H23F3N2O4. The molecule has 0 spiro atoms. The van der Waals surface area contributed by atoms with E-state index in [1.807, 2.05) is 30.3 Å². The van der Waals surface area contributed by atoms with Crippen molar-refractivity contribution in [2.75, 3.05) is 14.2 Å². The number of hydrogen-bond acceptors (Lipinski definition) is 5. The fourth-order valence-corrected chi connectivity index (χ4v) is 4.33. The lowest BCUT2D eigenvalue weighted by molar-refractivity contribution is -0.137. The molecule has 0 fully saturated rings. The van der Waals surface area contributed by atoms with Gasteiger partial charge in [0.1, 0.15) is 23.6 Å². The minimum absolute atomic E-state index is 0.106. The molecule has 9 heteroatoms. The minimum atomic E-state index is -4.42. The summed E-state index contributed by atoms with van der Waals surface area (Å²) in [4.78, 5) is 4.49. The van der Waals surface area contributed by atoms with Crippen molar-refractivity contribution in [3.63, 3.8) is 0 Å². The zero-order valence-electron chi connectivity index (χ0n) is 20.0. The third-order valence-electron chi connectivity index (χ3n) is 6.17. The number of aromatic hydroxyl groups is 1. The maximum absolute atomic E-state index is 13.0. The summed E-state index contributed by atoms with van der Waals surface area (Å²) in [5.41, 5.74) is 1.26. The van der Waals surface area contributed by atoms with E-state index in [9.17, 15) is 18.3 Å². The Morgan fingerprint density at radius 1 is 0.865 bits per heavy atom. The molecule has 0 aliphatic heterocycles. The summed E-state index contributed by atoms with van der Waals surface area (Å²) in [7, 11) is 3.12. The molecule has 5 aromatic rings. The normalized spacial score (nSPS) is 11.7. The van der Waals surface area contributed by atoms with E-state index in [-0.39, 0.29) is 19.0 Å². The van der Waals surface area contributed by atoms with Crippen LogP contribution in [-0.2, 0) is 19.3 Å². The molecule has 0 bridgehead atoms. The summed E-state index contributed by atoms with van der Waals surface area (Å²) < 4.78 is 57.6. The van der Waals surface area contributed by atoms with E-state index in [4.69, 9.17) is 14.2 Å². The maximum Gasteiger partial charge on any atom is 0.416 e. The number of halogens is 3. The zero-order chi connectivity index (χ0) is 26.2. The lowest BCUT2D eigenvalue weighted by Gasteiger charge is -2.14. The first-order valence-electron chi connectivity index (χ1n) is 11.4. The van der Waals surface area contributed by atoms with E-state index >= 15 is 0 Å². The van der Waals surface area contributed by atoms with Gasteiger partial charge in [0.2, 0.25) is 5.88 Å². The molecule has 0 aliphatic rings. The highest BCUT2D eigenvalue weighted by molar-refractivity contribution is 6.11. The second-order valence-corrected chi connectivity index (χ2v) is 8.46. The number of nitrogens with zero attached hydrogens (tertiary/aromatic N) is 2. The van der Waals surface area contributed by atoms with Gasteiger partial charge in [-0.1, -0.05) is 24.3 Å². The molecule has 2 heterocycles. The lowest BCUT2D eigenvalue weighted by atomic mass is 10.1. The topological polar surface area (TPSA) is 65.7 Å². The van der Waals surface area contributed by atoms with Crippen molar-refractivity contribution in [3.8, 4) is 23.1 Å². The summed E-state index contributed by atoms with van der Waals surface area (Å²) in [5, 5.41) is 13.0. The highest BCUT2D eigenvalue weighted by atomic mass is 19.4. The van der Waals surface area contributed by atoms with Gasteiger partial charge in [0.05, 0.1) is 37.1 Å². The van der Waals surface area contributed by atoms with Crippen molar-refractivity contribution in [2.45, 2.75) is 19.3 Å². The summed E-state index contributed by atoms with van der Waals surface area (Å²) in [6.07, 6.45) is -1.09. The fraction of sp³-hybridized carbons (Fsp3) is 0.179. The average Bonchev–Trinajstić information content (AvgIpc) is 3.22. The van der Waals surface area contributed by atoms with Crippen molar-refractivity contribution in [1.82, 2.24) is 9.55 Å². The van der Waals surface area contributed by atoms with Crippen LogP contribution in [0.3, 0.4) is 0 Å². The number of aromatic nitrogens is 2. The molecule has 0 radical (unpaired) electrons. The average molecular weight is 508 g/mol. The number of hydrogen-bond donors (Lipinski definition) is 1. The molecule has 0 saturated carbocycles. The number of fused-ring (bicyclic) bond motifs is 2. The zero-order valence-corrected chi connectivity index (χ0v) is 20.0. The van der Waals surface area contributed by atoms with Crippen LogP contribution < -0.4 is 14.2 Å². The van der Waals surface area contributed by atoms with Crippen LogP contribution in [0.15, 0.2) is 73.1 Å². The molecule has 0 amide bonds. The Bertz CT molecular complexity index is 1560. The van der Waals surface area contributed by atoms with Gasteiger partial charge in [0.25, 0.3) is 0 Å². The van der Waals surface area contributed by atoms with Gasteiger partial charge >= 0.3 is 6.18 Å². The number of methoxy groups -OCH3 is 2. The first kappa shape index (κ1) is 24.3. The van der Waals surface area contributed by atoms with Crippen LogP contribution in [-0.4, -0.2) is 28.9 Å². The fourth-order valence-electron chi connectivity index (χ4n) is 4.33. The first-order chi connectivity index (χ1) is 17.8. The molecule has 3 aromatic carbocycles. The summed E-state index contributed by atoms with van der Waals surface area (Å²) in [5.74, 6) is 1.51. The molecular weight excluding hydrogens is 485 g/mol. The molecule has 0 saturated heterocycles. The van der Waals surface area contributed by atoms with Gasteiger partial charge in [-0.25, -0.2) is 0 Å². The van der Waals surface area contributed by atoms with Crippen molar-refractivity contribution in [1.29, 1.82) is 0 Å². The Morgan fingerprint density at radius 2 is 1.57 bits per heavy atom. The number of benzene rings is 3. The number of rotatable bonds is 7. The van der Waals surface area contributed by atoms with E-state index < -0.39 is 11.7 Å². The number of ether oxygens (including phenoxy) is 3. The van der Waals surface area contributed by atoms with E-state index in [1.165, 1.54) is 19.2 Å². The first-order valence-corrected chi connectivity index (χ1v) is 11.4. The molecule has 190 valence electrons. The van der Waals surface area contributed by atoms with Crippen LogP contribution in [0.25, 0.3) is 21.7 Å². The quantitative estimate of drug-likeness (QED) is 0.270. The van der Waals surface area contributed by atoms with Crippen LogP contribution in [0.2, 0.25) is 0 Å². The predicted molar refractivity (Wildman–Crippen MR) is 133 cm³/mol. The van der Waals surface area contributed by atoms with Gasteiger partial charge in [-0.2, -0.15) is 13.2 Å². The third-order valence-corrected chi connectivity index (χ3v) is 6.17. The SMILES string of the molecule is COc1ccc(COc2c3ncccc3c(OC)c3cn(Cc4ccc(C(F)(F)F)cc4)c(O)c23)cc1. The van der Waals surface area contributed by atoms with Crippen LogP contribution >= 0.6 is 0 Å². The summed E-state index contributed by atoms with van der Waals surface area (Å²) in [6, 6.07) is 15.9. The second-order valence-electron chi connectivity index (χ2n) is 8.46. The highest BCUT2D eigenvalue weighted by Crippen LogP contribution is 2.47. The molecule has 1 N–H and O–H groups in total. The Hall–Kier alpha value is -4.40. The van der Waals surface area contributed by atoms with Crippen molar-refractivity contribution in [2.24, 2.45) is 0 Å². The molecule has 0 atom stereocenters. The minimum Gasteiger partial charge on any atom is -0.497 e. The van der Waals surface area contributed by atoms with Crippen LogP contribution in [0.1, 0.15) is 16.7 Å². The van der Waals surface area contributed by atoms with E-state index in [1.54, 1.807) is 30.1 Å². The Kier molecular flexibility index (Phi) is 6.29. The van der Waals surface area contributed by atoms with Crippen LogP contribution in [0, 0.1) is 0 Å². The molecule has 2 aromatic heterocycles. The second kappa shape index (κ2) is 9.57. The summed E-state index contributed by atoms with van der Waals surface area (Å²) >= 11 is 0. The Morgan fingerprint density at radius 3 is 2.22 bits per heavy atom. The van der Waals surface area contributed by atoms with Crippen molar-refractivity contribution in [3.05, 3.63) is 89.7 Å². The standard InChI is InChI=1S/C28H23F3N2O4/c1-35-20-11-7-18(8-12-20)16-37-26-23-22(25(36-2)21-4-3-13-32-24(21)26)15-33(27(23)34)14-17-5-9-19(10-6-17)28(29,30)31/h3-13,15,34H,14,16H2,1-2H3.